The third-order valence-electron chi connectivity index (χ3n) is 8.41. The van der Waals surface area contributed by atoms with E-state index in [-0.39, 0.29) is 12.0 Å². The molecule has 1 atom stereocenters. The summed E-state index contributed by atoms with van der Waals surface area (Å²) in [5, 5.41) is 8.83. The van der Waals surface area contributed by atoms with Crippen LogP contribution < -0.4 is 9.47 Å². The number of hydrogen-bond donors (Lipinski definition) is 1. The second-order valence-electron chi connectivity index (χ2n) is 11.6. The molecule has 2 fully saturated rings. The summed E-state index contributed by atoms with van der Waals surface area (Å²) in [4.78, 5) is 17.6. The number of pyridine rings is 1. The van der Waals surface area contributed by atoms with Gasteiger partial charge in [-0.1, -0.05) is 36.4 Å². The lowest BCUT2D eigenvalue weighted by Gasteiger charge is -2.46. The van der Waals surface area contributed by atoms with Gasteiger partial charge in [-0.2, -0.15) is 0 Å². The zero-order chi connectivity index (χ0) is 28.5. The van der Waals surface area contributed by atoms with Gasteiger partial charge in [0.2, 0.25) is 5.88 Å². The molecule has 2 aliphatic rings. The quantitative estimate of drug-likeness (QED) is 0.283. The van der Waals surface area contributed by atoms with Crippen LogP contribution in [0.25, 0.3) is 0 Å². The van der Waals surface area contributed by atoms with Crippen LogP contribution in [-0.2, 0) is 29.1 Å². The molecule has 1 unspecified atom stereocenters. The molecule has 1 spiro atoms. The van der Waals surface area contributed by atoms with Crippen molar-refractivity contribution in [2.75, 3.05) is 26.3 Å². The fraction of sp³-hybridized carbons (Fsp3) is 0.471. The molecule has 0 amide bonds. The Labute approximate surface area is 243 Å². The first-order valence-corrected chi connectivity index (χ1v) is 14.9. The third kappa shape index (κ3) is 8.78. The molecule has 2 aliphatic heterocycles. The van der Waals surface area contributed by atoms with Crippen LogP contribution in [-0.4, -0.2) is 52.9 Å². The maximum atomic E-state index is 10.7. The summed E-state index contributed by atoms with van der Waals surface area (Å²) in [6.07, 6.45) is 7.96. The number of hydrogen-bond acceptors (Lipinski definition) is 6. The number of carboxylic acid groups (broad SMARTS) is 1. The molecule has 1 aromatic heterocycles. The summed E-state index contributed by atoms with van der Waals surface area (Å²) >= 11 is 0. The van der Waals surface area contributed by atoms with Crippen molar-refractivity contribution in [2.24, 2.45) is 5.92 Å². The van der Waals surface area contributed by atoms with E-state index in [1.807, 2.05) is 36.4 Å². The highest BCUT2D eigenvalue weighted by Gasteiger charge is 2.40. The molecule has 7 nitrogen and oxygen atoms in total. The number of aromatic nitrogens is 1. The van der Waals surface area contributed by atoms with E-state index in [4.69, 9.17) is 19.3 Å². The Bertz CT molecular complexity index is 1250. The van der Waals surface area contributed by atoms with E-state index < -0.39 is 5.97 Å². The van der Waals surface area contributed by atoms with Crippen LogP contribution in [0.4, 0.5) is 0 Å². The summed E-state index contributed by atoms with van der Waals surface area (Å²) < 4.78 is 18.3. The summed E-state index contributed by atoms with van der Waals surface area (Å²) in [6.45, 7) is 7.21. The first-order valence-electron chi connectivity index (χ1n) is 14.9. The molecule has 41 heavy (non-hydrogen) atoms. The lowest BCUT2D eigenvalue weighted by Crippen LogP contribution is -2.49. The van der Waals surface area contributed by atoms with Crippen LogP contribution >= 0.6 is 0 Å². The molecule has 7 heteroatoms. The Morgan fingerprint density at radius 3 is 2.49 bits per heavy atom. The van der Waals surface area contributed by atoms with E-state index in [9.17, 15) is 4.79 Å². The zero-order valence-corrected chi connectivity index (χ0v) is 24.1. The SMILES string of the molecule is Cc1ccnc(OCCC2CCOC3(CCN(Cc4ccc(COc5ccc(CCC(=O)O)cc5)cc4)CC3)C2)c1. The van der Waals surface area contributed by atoms with Gasteiger partial charge in [0.1, 0.15) is 12.4 Å². The van der Waals surface area contributed by atoms with Gasteiger partial charge in [0.05, 0.1) is 12.2 Å². The van der Waals surface area contributed by atoms with E-state index in [1.165, 1.54) is 11.1 Å². The van der Waals surface area contributed by atoms with Crippen LogP contribution in [0.1, 0.15) is 60.8 Å². The summed E-state index contributed by atoms with van der Waals surface area (Å²) in [5.41, 5.74) is 4.65. The van der Waals surface area contributed by atoms with Crippen LogP contribution in [0.2, 0.25) is 0 Å². The summed E-state index contributed by atoms with van der Waals surface area (Å²) in [7, 11) is 0. The molecular formula is C34H42N2O5. The lowest BCUT2D eigenvalue weighted by atomic mass is 9.78. The minimum Gasteiger partial charge on any atom is -0.489 e. The van der Waals surface area contributed by atoms with Crippen molar-refractivity contribution >= 4 is 5.97 Å². The van der Waals surface area contributed by atoms with Crippen molar-refractivity contribution in [2.45, 2.75) is 70.6 Å². The number of carbonyl (C=O) groups is 1. The number of ether oxygens (including phenoxy) is 3. The van der Waals surface area contributed by atoms with Gasteiger partial charge < -0.3 is 19.3 Å². The topological polar surface area (TPSA) is 81.1 Å². The summed E-state index contributed by atoms with van der Waals surface area (Å²) in [6, 6.07) is 20.4. The number of carboxylic acids is 1. The van der Waals surface area contributed by atoms with Crippen molar-refractivity contribution in [1.82, 2.24) is 9.88 Å². The number of aliphatic carboxylic acids is 1. The highest BCUT2D eigenvalue weighted by Crippen LogP contribution is 2.39. The van der Waals surface area contributed by atoms with E-state index >= 15 is 0 Å². The first-order chi connectivity index (χ1) is 19.9. The summed E-state index contributed by atoms with van der Waals surface area (Å²) in [5.74, 6) is 1.38. The van der Waals surface area contributed by atoms with E-state index in [0.717, 1.165) is 81.1 Å². The van der Waals surface area contributed by atoms with Crippen molar-refractivity contribution in [3.05, 3.63) is 89.1 Å². The van der Waals surface area contributed by atoms with Crippen LogP contribution in [0.5, 0.6) is 11.6 Å². The van der Waals surface area contributed by atoms with Gasteiger partial charge in [-0.25, -0.2) is 4.98 Å². The molecular weight excluding hydrogens is 516 g/mol. The predicted molar refractivity (Wildman–Crippen MR) is 158 cm³/mol. The zero-order valence-electron chi connectivity index (χ0n) is 24.1. The van der Waals surface area contributed by atoms with Crippen molar-refractivity contribution in [3.8, 4) is 11.6 Å². The Morgan fingerprint density at radius 2 is 1.76 bits per heavy atom. The molecule has 2 saturated heterocycles. The molecule has 2 aromatic carbocycles. The molecule has 0 bridgehead atoms. The molecule has 218 valence electrons. The van der Waals surface area contributed by atoms with Gasteiger partial charge >= 0.3 is 5.97 Å². The normalized spacial score (nSPS) is 18.7. The number of rotatable bonds is 12. The molecule has 5 rings (SSSR count). The van der Waals surface area contributed by atoms with Crippen LogP contribution in [0.15, 0.2) is 66.9 Å². The molecule has 0 radical (unpaired) electrons. The van der Waals surface area contributed by atoms with Gasteiger partial charge in [0, 0.05) is 44.9 Å². The predicted octanol–water partition coefficient (Wildman–Crippen LogP) is 6.22. The second-order valence-corrected chi connectivity index (χ2v) is 11.6. The third-order valence-corrected chi connectivity index (χ3v) is 8.41. The average molecular weight is 559 g/mol. The van der Waals surface area contributed by atoms with E-state index in [1.54, 1.807) is 6.20 Å². The first kappa shape index (κ1) is 29.1. The number of piperidine rings is 1. The smallest absolute Gasteiger partial charge is 0.303 e. The van der Waals surface area contributed by atoms with Crippen LogP contribution in [0, 0.1) is 12.8 Å². The van der Waals surface area contributed by atoms with Crippen molar-refractivity contribution < 1.29 is 24.1 Å². The fourth-order valence-electron chi connectivity index (χ4n) is 5.93. The van der Waals surface area contributed by atoms with Gasteiger partial charge in [-0.3, -0.25) is 9.69 Å². The molecule has 3 heterocycles. The molecule has 3 aromatic rings. The monoisotopic (exact) mass is 558 g/mol. The Hall–Kier alpha value is -3.42. The second kappa shape index (κ2) is 14.0. The number of aryl methyl sites for hydroxylation is 2. The average Bonchev–Trinajstić information content (AvgIpc) is 2.98. The van der Waals surface area contributed by atoms with E-state index in [2.05, 4.69) is 41.1 Å². The number of benzene rings is 2. The van der Waals surface area contributed by atoms with Gasteiger partial charge in [-0.05, 0) is 91.8 Å². The fourth-order valence-corrected chi connectivity index (χ4v) is 5.93. The van der Waals surface area contributed by atoms with E-state index in [0.29, 0.717) is 25.6 Å². The largest absolute Gasteiger partial charge is 0.489 e. The Kier molecular flexibility index (Phi) is 9.91. The Balaban J connectivity index is 1.02. The highest BCUT2D eigenvalue weighted by atomic mass is 16.5. The minimum atomic E-state index is -0.778. The minimum absolute atomic E-state index is 0.0245. The Morgan fingerprint density at radius 1 is 1.02 bits per heavy atom. The number of likely N-dealkylation sites (tertiary alicyclic amines) is 1. The standard InChI is InChI=1S/C34H42N2O5/c1-26-12-17-35-32(22-26)39-20-13-28-14-21-41-34(23-28)15-18-36(19-16-34)24-29-2-4-30(5-3-29)25-40-31-9-6-27(7-10-31)8-11-33(37)38/h2-7,9-10,12,17,22,28H,8,11,13-16,18-21,23-25H2,1H3,(H,37,38). The lowest BCUT2D eigenvalue weighted by molar-refractivity contribution is -0.137. The highest BCUT2D eigenvalue weighted by molar-refractivity contribution is 5.67. The molecule has 0 saturated carbocycles. The van der Waals surface area contributed by atoms with Gasteiger partial charge in [0.25, 0.3) is 0 Å². The molecule has 1 N–H and O–H groups in total. The van der Waals surface area contributed by atoms with Gasteiger partial charge in [-0.15, -0.1) is 0 Å². The van der Waals surface area contributed by atoms with Crippen molar-refractivity contribution in [3.63, 3.8) is 0 Å². The van der Waals surface area contributed by atoms with Crippen LogP contribution in [0.3, 0.4) is 0 Å². The maximum absolute atomic E-state index is 10.7. The maximum Gasteiger partial charge on any atom is 0.303 e. The van der Waals surface area contributed by atoms with Gasteiger partial charge in [0.15, 0.2) is 0 Å². The molecule has 0 aliphatic carbocycles. The van der Waals surface area contributed by atoms with Crippen molar-refractivity contribution in [1.29, 1.82) is 0 Å². The number of nitrogens with zero attached hydrogens (tertiary/aromatic N) is 2.